The highest BCUT2D eigenvalue weighted by atomic mass is 16.1. The third-order valence-corrected chi connectivity index (χ3v) is 8.53. The van der Waals surface area contributed by atoms with E-state index in [9.17, 15) is 4.79 Å². The molecule has 200 valence electrons. The van der Waals surface area contributed by atoms with Crippen LogP contribution in [-0.4, -0.2) is 19.7 Å². The number of hydrogen-bond acceptors (Lipinski definition) is 2. The fourth-order valence-electron chi connectivity index (χ4n) is 6.67. The van der Waals surface area contributed by atoms with Crippen molar-refractivity contribution in [1.29, 1.82) is 0 Å². The monoisotopic (exact) mass is 533 g/mol. The summed E-state index contributed by atoms with van der Waals surface area (Å²) in [6, 6.07) is 37.9. The third-order valence-electron chi connectivity index (χ3n) is 8.53. The summed E-state index contributed by atoms with van der Waals surface area (Å²) >= 11 is 0. The van der Waals surface area contributed by atoms with E-state index in [1.807, 2.05) is 24.4 Å². The van der Waals surface area contributed by atoms with Gasteiger partial charge in [0.15, 0.2) is 0 Å². The van der Waals surface area contributed by atoms with E-state index in [-0.39, 0.29) is 5.78 Å². The first-order chi connectivity index (χ1) is 20.1. The van der Waals surface area contributed by atoms with Crippen LogP contribution in [0.5, 0.6) is 0 Å². The molecule has 0 radical (unpaired) electrons. The number of fused-ring (bicyclic) bond motifs is 3. The van der Waals surface area contributed by atoms with E-state index in [0.717, 1.165) is 57.0 Å². The standard InChI is InChI=1S/C37H31N3O/c1-26-33-22-21-28(36(41)35(33)39-23-13-12-20-34(26)39)24-32-25-40(27(2)38-32)37(29-14-6-3-7-15-29,30-16-8-4-9-17-30)31-18-10-5-11-19-31/h3-20,23-25H,21-22H2,1-2H3. The number of hydrogen-bond donors (Lipinski definition) is 0. The van der Waals surface area contributed by atoms with Crippen molar-refractivity contribution in [3.05, 3.63) is 172 Å². The molecular formula is C37H31N3O. The van der Waals surface area contributed by atoms with Gasteiger partial charge in [-0.3, -0.25) is 4.79 Å². The Morgan fingerprint density at radius 1 is 0.732 bits per heavy atom. The third kappa shape index (κ3) is 3.90. The van der Waals surface area contributed by atoms with Crippen molar-refractivity contribution in [3.8, 4) is 0 Å². The Bertz CT molecular complexity index is 1810. The summed E-state index contributed by atoms with van der Waals surface area (Å²) < 4.78 is 4.32. The topological polar surface area (TPSA) is 39.3 Å². The normalized spacial score (nSPS) is 14.5. The van der Waals surface area contributed by atoms with Crippen LogP contribution < -0.4 is 0 Å². The minimum atomic E-state index is -0.643. The highest BCUT2D eigenvalue weighted by Crippen LogP contribution is 2.42. The Hall–Kier alpha value is -4.96. The Labute approximate surface area is 240 Å². The first-order valence-corrected chi connectivity index (χ1v) is 14.2. The number of benzene rings is 3. The molecule has 3 aromatic carbocycles. The predicted octanol–water partition coefficient (Wildman–Crippen LogP) is 7.81. The number of Topliss-reactive ketones (excluding diaryl/α,β-unsaturated/α-hetero) is 1. The van der Waals surface area contributed by atoms with Gasteiger partial charge in [-0.25, -0.2) is 4.98 Å². The van der Waals surface area contributed by atoms with Crippen LogP contribution in [0.2, 0.25) is 0 Å². The number of pyridine rings is 1. The molecule has 0 unspecified atom stereocenters. The van der Waals surface area contributed by atoms with Crippen molar-refractivity contribution in [3.63, 3.8) is 0 Å². The van der Waals surface area contributed by atoms with E-state index < -0.39 is 5.54 Å². The quantitative estimate of drug-likeness (QED) is 0.167. The van der Waals surface area contributed by atoms with Crippen molar-refractivity contribution in [1.82, 2.24) is 14.0 Å². The van der Waals surface area contributed by atoms with Crippen LogP contribution in [0, 0.1) is 13.8 Å². The lowest BCUT2D eigenvalue weighted by Gasteiger charge is -2.38. The number of carbonyl (C=O) groups excluding carboxylic acids is 1. The molecular weight excluding hydrogens is 502 g/mol. The summed E-state index contributed by atoms with van der Waals surface area (Å²) in [7, 11) is 0. The number of allylic oxidation sites excluding steroid dienone is 1. The Balaban J connectivity index is 1.41. The maximum absolute atomic E-state index is 13.9. The minimum Gasteiger partial charge on any atom is -0.316 e. The Morgan fingerprint density at radius 3 is 1.88 bits per heavy atom. The molecule has 3 heterocycles. The van der Waals surface area contributed by atoms with Gasteiger partial charge in [-0.2, -0.15) is 0 Å². The summed E-state index contributed by atoms with van der Waals surface area (Å²) in [5.41, 5.74) is 8.64. The summed E-state index contributed by atoms with van der Waals surface area (Å²) in [6.45, 7) is 4.17. The second-order valence-corrected chi connectivity index (χ2v) is 10.8. The van der Waals surface area contributed by atoms with Gasteiger partial charge in [0.05, 0.1) is 11.4 Å². The maximum Gasteiger partial charge on any atom is 0.206 e. The number of ketones is 1. The summed E-state index contributed by atoms with van der Waals surface area (Å²) in [5, 5.41) is 0. The number of nitrogens with zero attached hydrogens (tertiary/aromatic N) is 3. The average molecular weight is 534 g/mol. The Morgan fingerprint density at radius 2 is 1.29 bits per heavy atom. The molecule has 0 fully saturated rings. The second-order valence-electron chi connectivity index (χ2n) is 10.8. The number of carbonyl (C=O) groups is 1. The summed E-state index contributed by atoms with van der Waals surface area (Å²) in [4.78, 5) is 18.9. The van der Waals surface area contributed by atoms with E-state index in [1.165, 1.54) is 5.56 Å². The van der Waals surface area contributed by atoms with Gasteiger partial charge in [-0.15, -0.1) is 0 Å². The average Bonchev–Trinajstić information content (AvgIpc) is 3.53. The lowest BCUT2D eigenvalue weighted by Crippen LogP contribution is -2.38. The van der Waals surface area contributed by atoms with Crippen LogP contribution in [0.25, 0.3) is 11.6 Å². The fourth-order valence-corrected chi connectivity index (χ4v) is 6.67. The molecule has 41 heavy (non-hydrogen) atoms. The van der Waals surface area contributed by atoms with Gasteiger partial charge in [0.1, 0.15) is 11.4 Å². The van der Waals surface area contributed by atoms with Crippen molar-refractivity contribution in [2.45, 2.75) is 32.2 Å². The van der Waals surface area contributed by atoms with Crippen LogP contribution >= 0.6 is 0 Å². The van der Waals surface area contributed by atoms with Crippen LogP contribution in [0.15, 0.2) is 127 Å². The van der Waals surface area contributed by atoms with E-state index in [1.54, 1.807) is 0 Å². The number of rotatable bonds is 5. The smallest absolute Gasteiger partial charge is 0.206 e. The zero-order chi connectivity index (χ0) is 28.0. The molecule has 0 bridgehead atoms. The van der Waals surface area contributed by atoms with E-state index in [0.29, 0.717) is 6.42 Å². The molecule has 0 N–H and O–H groups in total. The maximum atomic E-state index is 13.9. The summed E-state index contributed by atoms with van der Waals surface area (Å²) in [5.74, 6) is 0.967. The second kappa shape index (κ2) is 9.90. The molecule has 4 nitrogen and oxygen atoms in total. The first kappa shape index (κ1) is 25.0. The summed E-state index contributed by atoms with van der Waals surface area (Å²) in [6.07, 6.45) is 7.66. The van der Waals surface area contributed by atoms with E-state index in [4.69, 9.17) is 4.98 Å². The number of aryl methyl sites for hydroxylation is 2. The van der Waals surface area contributed by atoms with Crippen LogP contribution in [0.3, 0.4) is 0 Å². The van der Waals surface area contributed by atoms with Gasteiger partial charge in [0.25, 0.3) is 0 Å². The van der Waals surface area contributed by atoms with E-state index >= 15 is 0 Å². The van der Waals surface area contributed by atoms with Crippen molar-refractivity contribution >= 4 is 17.4 Å². The molecule has 4 heteroatoms. The zero-order valence-electron chi connectivity index (χ0n) is 23.3. The SMILES string of the molecule is Cc1c2c(n3ccccc13)C(=O)C(=Cc1cn(C(c3ccccc3)(c3ccccc3)c3ccccc3)c(C)n1)CC2. The number of aromatic nitrogens is 3. The molecule has 0 aliphatic heterocycles. The molecule has 1 aliphatic carbocycles. The number of imidazole rings is 1. The van der Waals surface area contributed by atoms with Crippen LogP contribution in [-0.2, 0) is 12.0 Å². The molecule has 0 saturated carbocycles. The molecule has 0 atom stereocenters. The minimum absolute atomic E-state index is 0.0909. The molecule has 1 aliphatic rings. The largest absolute Gasteiger partial charge is 0.316 e. The van der Waals surface area contributed by atoms with Gasteiger partial charge < -0.3 is 8.97 Å². The Kier molecular flexibility index (Phi) is 6.05. The van der Waals surface area contributed by atoms with Crippen LogP contribution in [0.4, 0.5) is 0 Å². The fraction of sp³-hybridized carbons (Fsp3) is 0.135. The van der Waals surface area contributed by atoms with Gasteiger partial charge >= 0.3 is 0 Å². The lowest BCUT2D eigenvalue weighted by molar-refractivity contribution is 0.102. The van der Waals surface area contributed by atoms with Crippen molar-refractivity contribution < 1.29 is 4.79 Å². The molecule has 7 rings (SSSR count). The van der Waals surface area contributed by atoms with Gasteiger partial charge in [-0.1, -0.05) is 97.1 Å². The zero-order valence-corrected chi connectivity index (χ0v) is 23.3. The van der Waals surface area contributed by atoms with Crippen molar-refractivity contribution in [2.24, 2.45) is 0 Å². The molecule has 0 amide bonds. The van der Waals surface area contributed by atoms with Gasteiger partial charge in [-0.05, 0) is 72.7 Å². The van der Waals surface area contributed by atoms with Gasteiger partial charge in [0.2, 0.25) is 5.78 Å². The highest BCUT2D eigenvalue weighted by molar-refractivity contribution is 6.13. The van der Waals surface area contributed by atoms with Crippen molar-refractivity contribution in [2.75, 3.05) is 0 Å². The molecule has 3 aromatic heterocycles. The molecule has 6 aromatic rings. The molecule has 0 spiro atoms. The van der Waals surface area contributed by atoms with Crippen LogP contribution in [0.1, 0.15) is 56.2 Å². The predicted molar refractivity (Wildman–Crippen MR) is 164 cm³/mol. The molecule has 0 saturated heterocycles. The van der Waals surface area contributed by atoms with Gasteiger partial charge in [0, 0.05) is 23.5 Å². The van der Waals surface area contributed by atoms with E-state index in [2.05, 4.69) is 126 Å². The highest BCUT2D eigenvalue weighted by Gasteiger charge is 2.39. The first-order valence-electron chi connectivity index (χ1n) is 14.2. The lowest BCUT2D eigenvalue weighted by atomic mass is 9.76.